The van der Waals surface area contributed by atoms with Crippen molar-refractivity contribution in [3.8, 4) is 11.4 Å². The number of halogens is 4. The Morgan fingerprint density at radius 1 is 1.29 bits per heavy atom. The fraction of sp³-hybridized carbons (Fsp3) is 0.375. The number of fused-ring (bicyclic) bond motifs is 1. The maximum Gasteiger partial charge on any atom is 0.389 e. The van der Waals surface area contributed by atoms with Crippen LogP contribution in [0.5, 0.6) is 0 Å². The van der Waals surface area contributed by atoms with Crippen LogP contribution >= 0.6 is 11.6 Å². The Kier molecular flexibility index (Phi) is 4.54. The molecule has 0 saturated heterocycles. The Hall–Kier alpha value is -2.02. The summed E-state index contributed by atoms with van der Waals surface area (Å²) in [6.07, 6.45) is -5.39. The van der Waals surface area contributed by atoms with Crippen molar-refractivity contribution in [3.05, 3.63) is 40.7 Å². The van der Waals surface area contributed by atoms with Gasteiger partial charge in [0.1, 0.15) is 5.82 Å². The van der Waals surface area contributed by atoms with Gasteiger partial charge >= 0.3 is 6.18 Å². The molecule has 24 heavy (non-hydrogen) atoms. The minimum absolute atomic E-state index is 0.257. The van der Waals surface area contributed by atoms with Crippen LogP contribution in [0, 0.1) is 0 Å². The zero-order chi connectivity index (χ0) is 17.3. The first-order chi connectivity index (χ1) is 11.3. The van der Waals surface area contributed by atoms with Gasteiger partial charge in [-0.2, -0.15) is 13.2 Å². The van der Waals surface area contributed by atoms with Gasteiger partial charge in [-0.1, -0.05) is 11.6 Å². The fourth-order valence-corrected chi connectivity index (χ4v) is 2.78. The lowest BCUT2D eigenvalue weighted by Gasteiger charge is -2.26. The normalized spacial score (nSPS) is 14.6. The van der Waals surface area contributed by atoms with Crippen molar-refractivity contribution in [2.24, 2.45) is 0 Å². The molecular formula is C16H15ClF3N3O. The number of amides is 1. The molecule has 0 unspecified atom stereocenters. The van der Waals surface area contributed by atoms with Gasteiger partial charge in [-0.05, 0) is 24.3 Å². The highest BCUT2D eigenvalue weighted by atomic mass is 35.5. The lowest BCUT2D eigenvalue weighted by Crippen LogP contribution is -2.36. The molecule has 4 nitrogen and oxygen atoms in total. The van der Waals surface area contributed by atoms with Crippen LogP contribution in [0.3, 0.4) is 0 Å². The molecule has 2 aromatic rings. The van der Waals surface area contributed by atoms with E-state index in [0.717, 1.165) is 17.0 Å². The monoisotopic (exact) mass is 357 g/mol. The number of carbonyl (C=O) groups excluding carboxylic acids is 1. The minimum Gasteiger partial charge on any atom is -0.340 e. The average Bonchev–Trinajstić information content (AvgIpc) is 2.95. The fourth-order valence-electron chi connectivity index (χ4n) is 2.66. The molecule has 0 bridgehead atoms. The van der Waals surface area contributed by atoms with Crippen LogP contribution in [-0.4, -0.2) is 33.5 Å². The molecule has 1 aliphatic rings. The second-order valence-corrected chi connectivity index (χ2v) is 6.13. The number of nitrogens with zero attached hydrogens (tertiary/aromatic N) is 2. The lowest BCUT2D eigenvalue weighted by atomic mass is 10.1. The summed E-state index contributed by atoms with van der Waals surface area (Å²) in [6, 6.07) is 7.18. The van der Waals surface area contributed by atoms with E-state index >= 15 is 0 Å². The molecule has 1 aliphatic heterocycles. The number of carbonyl (C=O) groups is 1. The summed E-state index contributed by atoms with van der Waals surface area (Å²) in [5, 5.41) is 0.622. The first kappa shape index (κ1) is 16.8. The van der Waals surface area contributed by atoms with Gasteiger partial charge in [0.15, 0.2) is 0 Å². The third kappa shape index (κ3) is 3.90. The quantitative estimate of drug-likeness (QED) is 0.904. The highest BCUT2D eigenvalue weighted by Gasteiger charge is 2.30. The van der Waals surface area contributed by atoms with Crippen molar-refractivity contribution in [1.29, 1.82) is 0 Å². The first-order valence-electron chi connectivity index (χ1n) is 7.50. The van der Waals surface area contributed by atoms with E-state index in [1.165, 1.54) is 4.90 Å². The van der Waals surface area contributed by atoms with Crippen LogP contribution in [0.25, 0.3) is 11.4 Å². The summed E-state index contributed by atoms with van der Waals surface area (Å²) < 4.78 is 36.7. The van der Waals surface area contributed by atoms with Crippen LogP contribution in [0.1, 0.15) is 24.2 Å². The van der Waals surface area contributed by atoms with Gasteiger partial charge in [-0.3, -0.25) is 4.79 Å². The SMILES string of the molecule is O=C(CCC(F)(F)F)N1CCc2nc(-c3ccc(Cl)cc3)[nH]c2C1. The third-order valence-electron chi connectivity index (χ3n) is 3.92. The number of rotatable bonds is 3. The van der Waals surface area contributed by atoms with Gasteiger partial charge < -0.3 is 9.88 Å². The molecule has 1 N–H and O–H groups in total. The number of nitrogens with one attached hydrogen (secondary N) is 1. The standard InChI is InChI=1S/C16H15ClF3N3O/c17-11-3-1-10(2-4-11)15-21-12-6-8-23(9-13(12)22-15)14(24)5-7-16(18,19)20/h1-4H,5-9H2,(H,21,22). The number of imidazole rings is 1. The molecule has 1 amide bonds. The summed E-state index contributed by atoms with van der Waals surface area (Å²) >= 11 is 5.86. The van der Waals surface area contributed by atoms with E-state index in [0.29, 0.717) is 23.8 Å². The Labute approximate surface area is 141 Å². The van der Waals surface area contributed by atoms with Gasteiger partial charge in [0.25, 0.3) is 0 Å². The average molecular weight is 358 g/mol. The van der Waals surface area contributed by atoms with Crippen LogP contribution in [0.15, 0.2) is 24.3 Å². The summed E-state index contributed by atoms with van der Waals surface area (Å²) in [4.78, 5) is 21.1. The number of hydrogen-bond acceptors (Lipinski definition) is 2. The number of aromatic nitrogens is 2. The van der Waals surface area contributed by atoms with Gasteiger partial charge in [0.05, 0.1) is 24.4 Å². The molecule has 1 aromatic heterocycles. The molecule has 0 radical (unpaired) electrons. The molecule has 3 rings (SSSR count). The number of H-pyrrole nitrogens is 1. The maximum atomic E-state index is 12.2. The molecular weight excluding hydrogens is 343 g/mol. The van der Waals surface area contributed by atoms with Crippen molar-refractivity contribution < 1.29 is 18.0 Å². The van der Waals surface area contributed by atoms with Crippen LogP contribution in [0.2, 0.25) is 5.02 Å². The Balaban J connectivity index is 1.70. The van der Waals surface area contributed by atoms with Crippen molar-refractivity contribution in [3.63, 3.8) is 0 Å². The van der Waals surface area contributed by atoms with Crippen molar-refractivity contribution in [2.75, 3.05) is 6.54 Å². The van der Waals surface area contributed by atoms with E-state index in [-0.39, 0.29) is 6.54 Å². The number of alkyl halides is 3. The van der Waals surface area contributed by atoms with E-state index < -0.39 is 24.9 Å². The van der Waals surface area contributed by atoms with E-state index in [1.807, 2.05) is 12.1 Å². The van der Waals surface area contributed by atoms with Crippen LogP contribution in [0.4, 0.5) is 13.2 Å². The highest BCUT2D eigenvalue weighted by molar-refractivity contribution is 6.30. The lowest BCUT2D eigenvalue weighted by molar-refractivity contribution is -0.149. The number of benzene rings is 1. The highest BCUT2D eigenvalue weighted by Crippen LogP contribution is 2.26. The summed E-state index contributed by atoms with van der Waals surface area (Å²) in [5.41, 5.74) is 2.48. The van der Waals surface area contributed by atoms with Gasteiger partial charge in [-0.15, -0.1) is 0 Å². The van der Waals surface area contributed by atoms with Gasteiger partial charge in [-0.25, -0.2) is 4.98 Å². The van der Waals surface area contributed by atoms with Crippen molar-refractivity contribution in [2.45, 2.75) is 32.0 Å². The molecule has 8 heteroatoms. The molecule has 0 aliphatic carbocycles. The Bertz CT molecular complexity index is 740. The van der Waals surface area contributed by atoms with Gasteiger partial charge in [0.2, 0.25) is 5.91 Å². The number of hydrogen-bond donors (Lipinski definition) is 1. The molecule has 0 atom stereocenters. The van der Waals surface area contributed by atoms with Crippen molar-refractivity contribution >= 4 is 17.5 Å². The summed E-state index contributed by atoms with van der Waals surface area (Å²) in [6.45, 7) is 0.640. The zero-order valence-electron chi connectivity index (χ0n) is 12.7. The molecule has 2 heterocycles. The van der Waals surface area contributed by atoms with Gasteiger partial charge in [0, 0.05) is 30.0 Å². The van der Waals surface area contributed by atoms with E-state index in [1.54, 1.807) is 12.1 Å². The Morgan fingerprint density at radius 3 is 2.67 bits per heavy atom. The smallest absolute Gasteiger partial charge is 0.340 e. The van der Waals surface area contributed by atoms with Crippen LogP contribution < -0.4 is 0 Å². The first-order valence-corrected chi connectivity index (χ1v) is 7.88. The van der Waals surface area contributed by atoms with Crippen LogP contribution in [-0.2, 0) is 17.8 Å². The predicted molar refractivity (Wildman–Crippen MR) is 83.4 cm³/mol. The Morgan fingerprint density at radius 2 is 2.00 bits per heavy atom. The maximum absolute atomic E-state index is 12.2. The molecule has 1 aromatic carbocycles. The molecule has 0 fully saturated rings. The largest absolute Gasteiger partial charge is 0.389 e. The predicted octanol–water partition coefficient (Wildman–Crippen LogP) is 3.96. The number of aromatic amines is 1. The van der Waals surface area contributed by atoms with E-state index in [4.69, 9.17) is 11.6 Å². The van der Waals surface area contributed by atoms with Crippen molar-refractivity contribution in [1.82, 2.24) is 14.9 Å². The minimum atomic E-state index is -4.31. The molecule has 0 saturated carbocycles. The summed E-state index contributed by atoms with van der Waals surface area (Å²) in [5.74, 6) is 0.182. The van der Waals surface area contributed by atoms with E-state index in [9.17, 15) is 18.0 Å². The van der Waals surface area contributed by atoms with E-state index in [2.05, 4.69) is 9.97 Å². The third-order valence-corrected chi connectivity index (χ3v) is 4.18. The summed E-state index contributed by atoms with van der Waals surface area (Å²) in [7, 11) is 0. The molecule has 0 spiro atoms. The topological polar surface area (TPSA) is 49.0 Å². The molecule has 128 valence electrons. The second kappa shape index (κ2) is 6.47. The second-order valence-electron chi connectivity index (χ2n) is 5.70. The zero-order valence-corrected chi connectivity index (χ0v) is 13.4.